The van der Waals surface area contributed by atoms with Crippen molar-refractivity contribution in [3.05, 3.63) is 24.3 Å². The number of hydrogen-bond acceptors (Lipinski definition) is 3. The number of piperidine rings is 1. The van der Waals surface area contributed by atoms with Crippen LogP contribution in [-0.4, -0.2) is 24.9 Å². The number of amides is 2. The van der Waals surface area contributed by atoms with E-state index in [1.165, 1.54) is 0 Å². The van der Waals surface area contributed by atoms with Crippen LogP contribution in [0.25, 0.3) is 0 Å². The average molecular weight is 287 g/mol. The van der Waals surface area contributed by atoms with E-state index < -0.39 is 0 Å². The molecule has 1 aliphatic carbocycles. The average Bonchev–Trinajstić information content (AvgIpc) is 3.33. The minimum atomic E-state index is 0.0310. The molecule has 1 atom stereocenters. The van der Waals surface area contributed by atoms with E-state index in [9.17, 15) is 9.59 Å². The van der Waals surface area contributed by atoms with E-state index in [1.807, 2.05) is 24.3 Å². The van der Waals surface area contributed by atoms with Crippen LogP contribution in [0.3, 0.4) is 0 Å². The zero-order valence-electron chi connectivity index (χ0n) is 12.0. The van der Waals surface area contributed by atoms with Crippen LogP contribution in [0, 0.1) is 11.8 Å². The van der Waals surface area contributed by atoms with Crippen LogP contribution in [0.5, 0.6) is 0 Å². The van der Waals surface area contributed by atoms with Crippen LogP contribution in [0.2, 0.25) is 0 Å². The largest absolute Gasteiger partial charge is 0.326 e. The molecule has 1 saturated carbocycles. The first-order chi connectivity index (χ1) is 10.2. The Morgan fingerprint density at radius 3 is 2.24 bits per heavy atom. The van der Waals surface area contributed by atoms with Crippen molar-refractivity contribution in [2.24, 2.45) is 11.8 Å². The van der Waals surface area contributed by atoms with E-state index in [-0.39, 0.29) is 23.7 Å². The molecule has 0 bridgehead atoms. The highest BCUT2D eigenvalue weighted by atomic mass is 16.2. The maximum atomic E-state index is 12.2. The second-order valence-corrected chi connectivity index (χ2v) is 5.88. The molecule has 2 fully saturated rings. The van der Waals surface area contributed by atoms with Crippen LogP contribution in [0.1, 0.15) is 25.7 Å². The molecule has 5 heteroatoms. The van der Waals surface area contributed by atoms with Gasteiger partial charge in [-0.3, -0.25) is 9.59 Å². The van der Waals surface area contributed by atoms with Crippen LogP contribution in [-0.2, 0) is 9.59 Å². The summed E-state index contributed by atoms with van der Waals surface area (Å²) in [5, 5.41) is 9.07. The number of benzene rings is 1. The van der Waals surface area contributed by atoms with E-state index in [0.717, 1.165) is 50.1 Å². The zero-order chi connectivity index (χ0) is 14.7. The van der Waals surface area contributed by atoms with Gasteiger partial charge in [-0.1, -0.05) is 6.07 Å². The van der Waals surface area contributed by atoms with Gasteiger partial charge in [0.2, 0.25) is 11.8 Å². The first kappa shape index (κ1) is 14.1. The number of hydrogen-bond donors (Lipinski definition) is 3. The van der Waals surface area contributed by atoms with Gasteiger partial charge in [-0.15, -0.1) is 0 Å². The van der Waals surface area contributed by atoms with Gasteiger partial charge in [-0.25, -0.2) is 0 Å². The first-order valence-electron chi connectivity index (χ1n) is 7.65. The summed E-state index contributed by atoms with van der Waals surface area (Å²) >= 11 is 0. The number of nitrogens with one attached hydrogen (secondary N) is 3. The summed E-state index contributed by atoms with van der Waals surface area (Å²) < 4.78 is 0. The second kappa shape index (κ2) is 6.26. The molecule has 112 valence electrons. The van der Waals surface area contributed by atoms with Crippen LogP contribution >= 0.6 is 0 Å². The summed E-state index contributed by atoms with van der Waals surface area (Å²) in [4.78, 5) is 23.9. The second-order valence-electron chi connectivity index (χ2n) is 5.88. The fourth-order valence-corrected chi connectivity index (χ4v) is 2.58. The molecule has 2 amide bonds. The molecule has 0 radical (unpaired) electrons. The zero-order valence-corrected chi connectivity index (χ0v) is 12.0. The van der Waals surface area contributed by atoms with E-state index in [2.05, 4.69) is 16.0 Å². The lowest BCUT2D eigenvalue weighted by Gasteiger charge is -2.22. The van der Waals surface area contributed by atoms with Crippen molar-refractivity contribution in [2.75, 3.05) is 23.7 Å². The Bertz CT molecular complexity index is 534. The third-order valence-electron chi connectivity index (χ3n) is 4.01. The van der Waals surface area contributed by atoms with Gasteiger partial charge in [0.15, 0.2) is 0 Å². The van der Waals surface area contributed by atoms with Crippen LogP contribution < -0.4 is 16.0 Å². The SMILES string of the molecule is O=C(Nc1cccc(NC(=O)C2CCCNC2)c1)C1CC1. The van der Waals surface area contributed by atoms with E-state index >= 15 is 0 Å². The Balaban J connectivity index is 1.59. The Labute approximate surface area is 124 Å². The molecule has 1 aliphatic heterocycles. The minimum Gasteiger partial charge on any atom is -0.326 e. The minimum absolute atomic E-state index is 0.0310. The van der Waals surface area contributed by atoms with Crippen LogP contribution in [0.15, 0.2) is 24.3 Å². The molecule has 2 aliphatic rings. The Kier molecular flexibility index (Phi) is 4.20. The third kappa shape index (κ3) is 3.82. The van der Waals surface area contributed by atoms with Crippen molar-refractivity contribution in [2.45, 2.75) is 25.7 Å². The molecule has 1 aromatic rings. The van der Waals surface area contributed by atoms with Gasteiger partial charge in [0, 0.05) is 23.8 Å². The lowest BCUT2D eigenvalue weighted by molar-refractivity contribution is -0.120. The van der Waals surface area contributed by atoms with Crippen molar-refractivity contribution >= 4 is 23.2 Å². The molecule has 0 spiro atoms. The Hall–Kier alpha value is -1.88. The lowest BCUT2D eigenvalue weighted by atomic mass is 9.99. The van der Waals surface area contributed by atoms with Gasteiger partial charge in [0.1, 0.15) is 0 Å². The fraction of sp³-hybridized carbons (Fsp3) is 0.500. The predicted octanol–water partition coefficient (Wildman–Crippen LogP) is 1.97. The molecule has 3 rings (SSSR count). The molecule has 21 heavy (non-hydrogen) atoms. The maximum Gasteiger partial charge on any atom is 0.228 e. The van der Waals surface area contributed by atoms with Crippen molar-refractivity contribution in [1.29, 1.82) is 0 Å². The summed E-state index contributed by atoms with van der Waals surface area (Å²) in [5.74, 6) is 0.336. The van der Waals surface area contributed by atoms with Crippen molar-refractivity contribution < 1.29 is 9.59 Å². The molecule has 3 N–H and O–H groups in total. The molecule has 1 unspecified atom stereocenters. The summed E-state index contributed by atoms with van der Waals surface area (Å²) in [5.41, 5.74) is 1.48. The number of rotatable bonds is 4. The Morgan fingerprint density at radius 2 is 1.67 bits per heavy atom. The summed E-state index contributed by atoms with van der Waals surface area (Å²) in [6.45, 7) is 1.73. The summed E-state index contributed by atoms with van der Waals surface area (Å²) in [6.07, 6.45) is 3.93. The molecular formula is C16H21N3O2. The van der Waals surface area contributed by atoms with Gasteiger partial charge in [-0.05, 0) is 50.4 Å². The molecule has 1 aromatic carbocycles. The molecule has 0 aromatic heterocycles. The standard InChI is InChI=1S/C16H21N3O2/c20-15(11-6-7-11)18-13-4-1-5-14(9-13)19-16(21)12-3-2-8-17-10-12/h1,4-5,9,11-12,17H,2-3,6-8,10H2,(H,18,20)(H,19,21). The van der Waals surface area contributed by atoms with Gasteiger partial charge in [0.25, 0.3) is 0 Å². The van der Waals surface area contributed by atoms with Crippen molar-refractivity contribution in [1.82, 2.24) is 5.32 Å². The maximum absolute atomic E-state index is 12.2. The van der Waals surface area contributed by atoms with E-state index in [1.54, 1.807) is 0 Å². The smallest absolute Gasteiger partial charge is 0.228 e. The lowest BCUT2D eigenvalue weighted by Crippen LogP contribution is -2.37. The fourth-order valence-electron chi connectivity index (χ4n) is 2.58. The first-order valence-corrected chi connectivity index (χ1v) is 7.65. The quantitative estimate of drug-likeness (QED) is 0.793. The van der Waals surface area contributed by atoms with E-state index in [0.29, 0.717) is 0 Å². The number of carbonyl (C=O) groups excluding carboxylic acids is 2. The van der Waals surface area contributed by atoms with Gasteiger partial charge in [0.05, 0.1) is 5.92 Å². The Morgan fingerprint density at radius 1 is 1.00 bits per heavy atom. The number of carbonyl (C=O) groups is 2. The normalized spacial score (nSPS) is 21.6. The predicted molar refractivity (Wildman–Crippen MR) is 82.0 cm³/mol. The van der Waals surface area contributed by atoms with Gasteiger partial charge in [-0.2, -0.15) is 0 Å². The molecule has 5 nitrogen and oxygen atoms in total. The van der Waals surface area contributed by atoms with Crippen LogP contribution in [0.4, 0.5) is 11.4 Å². The van der Waals surface area contributed by atoms with Crippen molar-refractivity contribution in [3.63, 3.8) is 0 Å². The third-order valence-corrected chi connectivity index (χ3v) is 4.01. The van der Waals surface area contributed by atoms with Gasteiger partial charge >= 0.3 is 0 Å². The highest BCUT2D eigenvalue weighted by molar-refractivity contribution is 5.96. The van der Waals surface area contributed by atoms with E-state index in [4.69, 9.17) is 0 Å². The monoisotopic (exact) mass is 287 g/mol. The topological polar surface area (TPSA) is 70.2 Å². The van der Waals surface area contributed by atoms with Gasteiger partial charge < -0.3 is 16.0 Å². The molecular weight excluding hydrogens is 266 g/mol. The number of anilines is 2. The van der Waals surface area contributed by atoms with Crippen molar-refractivity contribution in [3.8, 4) is 0 Å². The summed E-state index contributed by atoms with van der Waals surface area (Å²) in [6, 6.07) is 7.35. The summed E-state index contributed by atoms with van der Waals surface area (Å²) in [7, 11) is 0. The molecule has 1 saturated heterocycles. The highest BCUT2D eigenvalue weighted by Gasteiger charge is 2.29. The molecule has 1 heterocycles. The highest BCUT2D eigenvalue weighted by Crippen LogP contribution is 2.30.